The van der Waals surface area contributed by atoms with Crippen molar-refractivity contribution in [2.75, 3.05) is 0 Å². The number of carbonyl (C=O) groups is 1. The van der Waals surface area contributed by atoms with Gasteiger partial charge in [-0.05, 0) is 74.0 Å². The van der Waals surface area contributed by atoms with Crippen LogP contribution >= 0.6 is 11.5 Å². The molecule has 3 aromatic rings. The fourth-order valence-electron chi connectivity index (χ4n) is 3.43. The Morgan fingerprint density at radius 3 is 2.80 bits per heavy atom. The molecule has 30 heavy (non-hydrogen) atoms. The van der Waals surface area contributed by atoms with E-state index in [0.717, 1.165) is 41.7 Å². The number of unbranched alkanes of at least 4 members (excludes halogenated alkanes) is 1. The highest BCUT2D eigenvalue weighted by molar-refractivity contribution is 7.09. The van der Waals surface area contributed by atoms with Gasteiger partial charge in [-0.2, -0.15) is 9.64 Å². The Morgan fingerprint density at radius 2 is 2.10 bits per heavy atom. The second-order valence-corrected chi connectivity index (χ2v) is 8.02. The number of benzene rings is 2. The van der Waals surface area contributed by atoms with Crippen molar-refractivity contribution in [1.82, 2.24) is 9.36 Å². The van der Waals surface area contributed by atoms with E-state index in [-0.39, 0.29) is 6.10 Å². The number of aromatic nitrogens is 2. The van der Waals surface area contributed by atoms with Gasteiger partial charge in [-0.1, -0.05) is 25.1 Å². The first-order chi connectivity index (χ1) is 14.6. The smallest absolute Gasteiger partial charge is 0.173 e. The largest absolute Gasteiger partial charge is 0.490 e. The van der Waals surface area contributed by atoms with E-state index in [1.165, 1.54) is 22.7 Å². The van der Waals surface area contributed by atoms with Crippen molar-refractivity contribution in [3.05, 3.63) is 53.1 Å². The van der Waals surface area contributed by atoms with Gasteiger partial charge in [-0.3, -0.25) is 0 Å². The molecular weight excluding hydrogens is 394 g/mol. The summed E-state index contributed by atoms with van der Waals surface area (Å²) in [7, 11) is 0. The highest BCUT2D eigenvalue weighted by Gasteiger charge is 2.15. The fourth-order valence-corrected chi connectivity index (χ4v) is 4.16. The molecule has 2 aromatic carbocycles. The Hall–Kier alpha value is -3.04. The molecule has 154 valence electrons. The Balaban J connectivity index is 1.93. The molecule has 0 radical (unpaired) electrons. The zero-order chi connectivity index (χ0) is 21.5. The average molecular weight is 420 g/mol. The maximum Gasteiger partial charge on any atom is 0.173 e. The van der Waals surface area contributed by atoms with Crippen molar-refractivity contribution in [2.45, 2.75) is 52.6 Å². The summed E-state index contributed by atoms with van der Waals surface area (Å²) in [6, 6.07) is 13.9. The van der Waals surface area contributed by atoms with Crippen LogP contribution < -0.4 is 4.74 Å². The summed E-state index contributed by atoms with van der Waals surface area (Å²) < 4.78 is 10.2. The number of aldehydes is 1. The highest BCUT2D eigenvalue weighted by Crippen LogP contribution is 2.32. The number of nitrogens with zero attached hydrogens (tertiary/aromatic N) is 3. The fraction of sp³-hybridized carbons (Fsp3) is 0.333. The lowest BCUT2D eigenvalue weighted by atomic mass is 9.95. The maximum absolute atomic E-state index is 10.7. The molecule has 0 saturated heterocycles. The lowest BCUT2D eigenvalue weighted by Crippen LogP contribution is -2.06. The van der Waals surface area contributed by atoms with Gasteiger partial charge in [-0.15, -0.1) is 0 Å². The van der Waals surface area contributed by atoms with Crippen molar-refractivity contribution in [3.8, 4) is 33.8 Å². The molecule has 0 saturated carbocycles. The third-order valence-electron chi connectivity index (χ3n) is 4.77. The predicted octanol–water partition coefficient (Wildman–Crippen LogP) is 5.61. The van der Waals surface area contributed by atoms with E-state index in [0.29, 0.717) is 23.6 Å². The van der Waals surface area contributed by atoms with Gasteiger partial charge in [0.25, 0.3) is 0 Å². The zero-order valence-corrected chi connectivity index (χ0v) is 18.3. The molecule has 1 heterocycles. The van der Waals surface area contributed by atoms with E-state index in [4.69, 9.17) is 9.72 Å². The van der Waals surface area contributed by atoms with Crippen LogP contribution in [0.5, 0.6) is 5.75 Å². The summed E-state index contributed by atoms with van der Waals surface area (Å²) in [5.74, 6) is 1.18. The van der Waals surface area contributed by atoms with Gasteiger partial charge in [0.15, 0.2) is 5.82 Å². The van der Waals surface area contributed by atoms with E-state index in [2.05, 4.69) is 29.5 Å². The van der Waals surface area contributed by atoms with Crippen LogP contribution in [0.3, 0.4) is 0 Å². The minimum absolute atomic E-state index is 0.00165. The summed E-state index contributed by atoms with van der Waals surface area (Å²) in [5.41, 5.74) is 4.87. The number of carbonyl (C=O) groups excluding carboxylic acids is 1. The standard InChI is InChI=1S/C24H25N3O2S/c1-4-20-17(8-5-6-13-28)9-7-10-21(20)24-26-23(27-30-24)18-11-12-22(29-16(2)3)19(14-18)15-25/h7,9-14,16H,4-6,8H2,1-3H3. The Morgan fingerprint density at radius 1 is 1.27 bits per heavy atom. The molecule has 0 aliphatic carbocycles. The van der Waals surface area contributed by atoms with Crippen LogP contribution in [-0.4, -0.2) is 21.7 Å². The lowest BCUT2D eigenvalue weighted by Gasteiger charge is -2.12. The average Bonchev–Trinajstić information content (AvgIpc) is 3.23. The van der Waals surface area contributed by atoms with Crippen LogP contribution in [-0.2, 0) is 17.6 Å². The number of hydrogen-bond donors (Lipinski definition) is 0. The molecule has 3 rings (SSSR count). The SMILES string of the molecule is CCc1c(CCCC=O)cccc1-c1nc(-c2ccc(OC(C)C)c(C#N)c2)ns1. The normalized spacial score (nSPS) is 10.8. The molecule has 0 bridgehead atoms. The predicted molar refractivity (Wildman–Crippen MR) is 120 cm³/mol. The van der Waals surface area contributed by atoms with E-state index in [1.54, 1.807) is 12.1 Å². The number of nitriles is 1. The number of rotatable bonds is 9. The van der Waals surface area contributed by atoms with Crippen molar-refractivity contribution >= 4 is 17.8 Å². The minimum atomic E-state index is -0.00165. The molecule has 5 nitrogen and oxygen atoms in total. The molecule has 0 N–H and O–H groups in total. The maximum atomic E-state index is 10.7. The first-order valence-electron chi connectivity index (χ1n) is 10.2. The molecule has 0 fully saturated rings. The second kappa shape index (κ2) is 10.1. The van der Waals surface area contributed by atoms with Gasteiger partial charge >= 0.3 is 0 Å². The van der Waals surface area contributed by atoms with E-state index in [1.807, 2.05) is 26.0 Å². The van der Waals surface area contributed by atoms with Crippen LogP contribution in [0.1, 0.15) is 50.3 Å². The molecule has 0 amide bonds. The van der Waals surface area contributed by atoms with Crippen LogP contribution in [0.4, 0.5) is 0 Å². The first-order valence-corrected chi connectivity index (χ1v) is 10.9. The summed E-state index contributed by atoms with van der Waals surface area (Å²) >= 11 is 1.36. The molecule has 0 atom stereocenters. The highest BCUT2D eigenvalue weighted by atomic mass is 32.1. The van der Waals surface area contributed by atoms with Gasteiger partial charge in [0, 0.05) is 17.5 Å². The van der Waals surface area contributed by atoms with Crippen molar-refractivity contribution in [3.63, 3.8) is 0 Å². The summed E-state index contributed by atoms with van der Waals surface area (Å²) in [6.45, 7) is 6.00. The Kier molecular flexibility index (Phi) is 7.31. The molecule has 1 aromatic heterocycles. The Labute approximate surface area is 181 Å². The summed E-state index contributed by atoms with van der Waals surface area (Å²) in [6.07, 6.45) is 4.17. The van der Waals surface area contributed by atoms with E-state index >= 15 is 0 Å². The molecule has 0 aliphatic rings. The van der Waals surface area contributed by atoms with Crippen molar-refractivity contribution in [2.24, 2.45) is 0 Å². The zero-order valence-electron chi connectivity index (χ0n) is 17.5. The first kappa shape index (κ1) is 21.7. The van der Waals surface area contributed by atoms with Crippen LogP contribution in [0.25, 0.3) is 22.0 Å². The van der Waals surface area contributed by atoms with Crippen LogP contribution in [0.2, 0.25) is 0 Å². The molecule has 6 heteroatoms. The molecule has 0 unspecified atom stereocenters. The van der Waals surface area contributed by atoms with Crippen LogP contribution in [0.15, 0.2) is 36.4 Å². The molecular formula is C24H25N3O2S. The van der Waals surface area contributed by atoms with Gasteiger partial charge in [0.2, 0.25) is 0 Å². The quantitative estimate of drug-likeness (QED) is 0.333. The number of hydrogen-bond acceptors (Lipinski definition) is 6. The van der Waals surface area contributed by atoms with Gasteiger partial charge in [0.05, 0.1) is 11.7 Å². The summed E-state index contributed by atoms with van der Waals surface area (Å²) in [5, 5.41) is 10.3. The van der Waals surface area contributed by atoms with Crippen LogP contribution in [0, 0.1) is 11.3 Å². The second-order valence-electron chi connectivity index (χ2n) is 7.27. The lowest BCUT2D eigenvalue weighted by molar-refractivity contribution is -0.107. The monoisotopic (exact) mass is 419 g/mol. The minimum Gasteiger partial charge on any atom is -0.490 e. The van der Waals surface area contributed by atoms with E-state index < -0.39 is 0 Å². The molecule has 0 spiro atoms. The topological polar surface area (TPSA) is 75.9 Å². The van der Waals surface area contributed by atoms with E-state index in [9.17, 15) is 10.1 Å². The molecule has 0 aliphatic heterocycles. The van der Waals surface area contributed by atoms with Gasteiger partial charge < -0.3 is 9.53 Å². The summed E-state index contributed by atoms with van der Waals surface area (Å²) in [4.78, 5) is 15.4. The number of aryl methyl sites for hydroxylation is 1. The van der Waals surface area contributed by atoms with Crippen molar-refractivity contribution in [1.29, 1.82) is 5.26 Å². The van der Waals surface area contributed by atoms with Gasteiger partial charge in [-0.25, -0.2) is 4.98 Å². The number of ether oxygens (including phenoxy) is 1. The Bertz CT molecular complexity index is 1070. The van der Waals surface area contributed by atoms with Gasteiger partial charge in [0.1, 0.15) is 23.1 Å². The van der Waals surface area contributed by atoms with Crippen molar-refractivity contribution < 1.29 is 9.53 Å². The third-order valence-corrected chi connectivity index (χ3v) is 5.52. The third kappa shape index (κ3) is 4.92.